The van der Waals surface area contributed by atoms with Crippen LogP contribution in [0.3, 0.4) is 0 Å². The molecule has 22 heavy (non-hydrogen) atoms. The zero-order chi connectivity index (χ0) is 15.1. The molecular formula is C17H20N2O3. The minimum Gasteiger partial charge on any atom is -0.493 e. The Morgan fingerprint density at radius 2 is 2.32 bits per heavy atom. The molecule has 0 aliphatic carbocycles. The number of benzene rings is 1. The first-order chi connectivity index (χ1) is 10.7. The predicted molar refractivity (Wildman–Crippen MR) is 82.9 cm³/mol. The molecule has 1 aromatic carbocycles. The molecule has 0 bridgehead atoms. The molecule has 3 aliphatic rings. The van der Waals surface area contributed by atoms with E-state index in [2.05, 4.69) is 22.4 Å². The van der Waals surface area contributed by atoms with Crippen LogP contribution in [-0.4, -0.2) is 50.2 Å². The van der Waals surface area contributed by atoms with Gasteiger partial charge in [0.05, 0.1) is 7.11 Å². The van der Waals surface area contributed by atoms with E-state index in [0.29, 0.717) is 25.0 Å². The second-order valence-electron chi connectivity index (χ2n) is 6.30. The maximum Gasteiger partial charge on any atom is 0.220 e. The summed E-state index contributed by atoms with van der Waals surface area (Å²) < 4.78 is 11.2. The van der Waals surface area contributed by atoms with Crippen molar-refractivity contribution in [2.75, 3.05) is 33.4 Å². The normalized spacial score (nSPS) is 26.8. The quantitative estimate of drug-likeness (QED) is 0.914. The molecule has 1 N–H and O–H groups in total. The molecule has 0 radical (unpaired) electrons. The van der Waals surface area contributed by atoms with Crippen molar-refractivity contribution in [2.24, 2.45) is 5.92 Å². The summed E-state index contributed by atoms with van der Waals surface area (Å²) in [7, 11) is 1.66. The molecular weight excluding hydrogens is 280 g/mol. The van der Waals surface area contributed by atoms with Crippen molar-refractivity contribution >= 4 is 12.0 Å². The smallest absolute Gasteiger partial charge is 0.220 e. The first kappa shape index (κ1) is 13.6. The lowest BCUT2D eigenvalue weighted by Crippen LogP contribution is -2.34. The van der Waals surface area contributed by atoms with Gasteiger partial charge < -0.3 is 14.8 Å². The van der Waals surface area contributed by atoms with Gasteiger partial charge in [-0.15, -0.1) is 0 Å². The van der Waals surface area contributed by atoms with Crippen LogP contribution < -0.4 is 14.8 Å². The zero-order valence-electron chi connectivity index (χ0n) is 12.7. The van der Waals surface area contributed by atoms with Crippen LogP contribution in [0.2, 0.25) is 0 Å². The first-order valence-electron chi connectivity index (χ1n) is 7.74. The Labute approximate surface area is 129 Å². The van der Waals surface area contributed by atoms with Crippen LogP contribution >= 0.6 is 0 Å². The van der Waals surface area contributed by atoms with Gasteiger partial charge >= 0.3 is 0 Å². The van der Waals surface area contributed by atoms with E-state index in [1.54, 1.807) is 7.11 Å². The number of carbonyl (C=O) groups is 1. The summed E-state index contributed by atoms with van der Waals surface area (Å²) in [6, 6.07) is 6.29. The summed E-state index contributed by atoms with van der Waals surface area (Å²) in [4.78, 5) is 13.8. The number of hydrogen-bond acceptors (Lipinski definition) is 4. The molecule has 2 fully saturated rings. The van der Waals surface area contributed by atoms with Crippen LogP contribution in [0.1, 0.15) is 12.0 Å². The van der Waals surface area contributed by atoms with Gasteiger partial charge in [-0.3, -0.25) is 9.69 Å². The number of rotatable bonds is 3. The summed E-state index contributed by atoms with van der Waals surface area (Å²) >= 11 is 0. The van der Waals surface area contributed by atoms with Gasteiger partial charge in [0.1, 0.15) is 6.61 Å². The summed E-state index contributed by atoms with van der Waals surface area (Å²) in [5.74, 6) is 2.30. The number of amides is 1. The van der Waals surface area contributed by atoms with Crippen molar-refractivity contribution in [1.29, 1.82) is 0 Å². The predicted octanol–water partition coefficient (Wildman–Crippen LogP) is 1.29. The van der Waals surface area contributed by atoms with Gasteiger partial charge in [0.2, 0.25) is 5.91 Å². The third-order valence-electron chi connectivity index (χ3n) is 4.73. The van der Waals surface area contributed by atoms with E-state index in [1.165, 1.54) is 5.57 Å². The monoisotopic (exact) mass is 300 g/mol. The van der Waals surface area contributed by atoms with Crippen LogP contribution in [-0.2, 0) is 4.79 Å². The third kappa shape index (κ3) is 2.35. The van der Waals surface area contributed by atoms with Crippen molar-refractivity contribution in [3.8, 4) is 11.5 Å². The minimum atomic E-state index is 0.205. The summed E-state index contributed by atoms with van der Waals surface area (Å²) in [6.07, 6.45) is 2.88. The van der Waals surface area contributed by atoms with Crippen molar-refractivity contribution in [3.63, 3.8) is 0 Å². The molecule has 2 saturated heterocycles. The Kier molecular flexibility index (Phi) is 3.30. The fourth-order valence-electron chi connectivity index (χ4n) is 3.73. The molecule has 0 spiro atoms. The molecule has 4 rings (SSSR count). The molecule has 5 nitrogen and oxygen atoms in total. The number of carbonyl (C=O) groups excluding carboxylic acids is 1. The summed E-state index contributed by atoms with van der Waals surface area (Å²) in [6.45, 7) is 3.44. The SMILES string of the molecule is COc1cccc2c1OCC(CN1C[C@@H]3CC(=O)N[C@@H]3C1)=C2. The summed E-state index contributed by atoms with van der Waals surface area (Å²) in [5.41, 5.74) is 2.35. The van der Waals surface area contributed by atoms with Gasteiger partial charge in [0.25, 0.3) is 0 Å². The van der Waals surface area contributed by atoms with Crippen LogP contribution in [0.5, 0.6) is 11.5 Å². The third-order valence-corrected chi connectivity index (χ3v) is 4.73. The Bertz CT molecular complexity index is 625. The second-order valence-corrected chi connectivity index (χ2v) is 6.30. The fraction of sp³-hybridized carbons (Fsp3) is 0.471. The highest BCUT2D eigenvalue weighted by atomic mass is 16.5. The number of likely N-dealkylation sites (tertiary alicyclic amines) is 1. The molecule has 3 aliphatic heterocycles. The van der Waals surface area contributed by atoms with Crippen molar-refractivity contribution in [3.05, 3.63) is 29.3 Å². The van der Waals surface area contributed by atoms with E-state index < -0.39 is 0 Å². The number of nitrogens with zero attached hydrogens (tertiary/aromatic N) is 1. The number of methoxy groups -OCH3 is 1. The van der Waals surface area contributed by atoms with E-state index in [-0.39, 0.29) is 5.91 Å². The average Bonchev–Trinajstić information content (AvgIpc) is 3.02. The van der Waals surface area contributed by atoms with Gasteiger partial charge in [-0.1, -0.05) is 12.1 Å². The number of fused-ring (bicyclic) bond motifs is 2. The van der Waals surface area contributed by atoms with Crippen LogP contribution in [0, 0.1) is 5.92 Å². The van der Waals surface area contributed by atoms with Gasteiger partial charge in [-0.25, -0.2) is 0 Å². The highest BCUT2D eigenvalue weighted by molar-refractivity contribution is 5.79. The lowest BCUT2D eigenvalue weighted by atomic mass is 10.1. The van der Waals surface area contributed by atoms with Crippen LogP contribution in [0.4, 0.5) is 0 Å². The molecule has 116 valence electrons. The fourth-order valence-corrected chi connectivity index (χ4v) is 3.73. The highest BCUT2D eigenvalue weighted by Crippen LogP contribution is 2.36. The standard InChI is InChI=1S/C17H20N2O3/c1-21-15-4-2-3-12-5-11(10-22-17(12)15)7-19-8-13-6-16(20)18-14(13)9-19/h2-5,13-14H,6-10H2,1H3,(H,18,20)/t13-,14+/m0/s1. The van der Waals surface area contributed by atoms with E-state index in [1.807, 2.05) is 12.1 Å². The first-order valence-corrected chi connectivity index (χ1v) is 7.74. The highest BCUT2D eigenvalue weighted by Gasteiger charge is 2.39. The van der Waals surface area contributed by atoms with E-state index in [4.69, 9.17) is 9.47 Å². The van der Waals surface area contributed by atoms with E-state index in [0.717, 1.165) is 36.7 Å². The van der Waals surface area contributed by atoms with Crippen molar-refractivity contribution in [2.45, 2.75) is 12.5 Å². The van der Waals surface area contributed by atoms with Gasteiger partial charge in [0, 0.05) is 43.6 Å². The lowest BCUT2D eigenvalue weighted by Gasteiger charge is -2.24. The molecule has 2 atom stereocenters. The number of ether oxygens (including phenoxy) is 2. The van der Waals surface area contributed by atoms with Gasteiger partial charge in [-0.2, -0.15) is 0 Å². The molecule has 0 saturated carbocycles. The van der Waals surface area contributed by atoms with Gasteiger partial charge in [-0.05, 0) is 17.7 Å². The minimum absolute atomic E-state index is 0.205. The molecule has 1 amide bonds. The van der Waals surface area contributed by atoms with Crippen LogP contribution in [0.15, 0.2) is 23.8 Å². The number of nitrogens with one attached hydrogen (secondary N) is 1. The van der Waals surface area contributed by atoms with Crippen LogP contribution in [0.25, 0.3) is 6.08 Å². The number of para-hydroxylation sites is 1. The van der Waals surface area contributed by atoms with Crippen molar-refractivity contribution in [1.82, 2.24) is 10.2 Å². The second kappa shape index (κ2) is 5.32. The molecule has 0 unspecified atom stereocenters. The topological polar surface area (TPSA) is 50.8 Å². The Balaban J connectivity index is 1.46. The molecule has 5 heteroatoms. The molecule has 1 aromatic rings. The van der Waals surface area contributed by atoms with E-state index >= 15 is 0 Å². The van der Waals surface area contributed by atoms with Crippen molar-refractivity contribution < 1.29 is 14.3 Å². The van der Waals surface area contributed by atoms with Gasteiger partial charge in [0.15, 0.2) is 11.5 Å². The Morgan fingerprint density at radius 1 is 1.41 bits per heavy atom. The lowest BCUT2D eigenvalue weighted by molar-refractivity contribution is -0.119. The maximum atomic E-state index is 11.4. The largest absolute Gasteiger partial charge is 0.493 e. The Morgan fingerprint density at radius 3 is 3.14 bits per heavy atom. The molecule has 0 aromatic heterocycles. The average molecular weight is 300 g/mol. The van der Waals surface area contributed by atoms with E-state index in [9.17, 15) is 4.79 Å². The molecule has 3 heterocycles. The summed E-state index contributed by atoms with van der Waals surface area (Å²) in [5, 5.41) is 3.07. The number of hydrogen-bond donors (Lipinski definition) is 1. The maximum absolute atomic E-state index is 11.4. The zero-order valence-corrected chi connectivity index (χ0v) is 12.7. The Hall–Kier alpha value is -2.01.